The van der Waals surface area contributed by atoms with Gasteiger partial charge in [0.15, 0.2) is 0 Å². The van der Waals surface area contributed by atoms with Crippen molar-refractivity contribution in [3.05, 3.63) is 24.8 Å². The zero-order valence-corrected chi connectivity index (χ0v) is 27.0. The number of Topliss-reactive ketones (excluding diaryl/α,β-unsaturated/α-hetero) is 1. The van der Waals surface area contributed by atoms with Crippen LogP contribution in [0, 0.1) is 34.0 Å². The lowest BCUT2D eigenvalue weighted by Gasteiger charge is -2.61. The topological polar surface area (TPSA) is 141 Å². The van der Waals surface area contributed by atoms with Crippen LogP contribution in [0.15, 0.2) is 24.8 Å². The number of rotatable bonds is 11. The number of esters is 1. The monoisotopic (exact) mass is 609 g/mol. The standard InChI is InChI=1S/C28H47NO4S.C4H4O4/c1-8-26(6)17-22(33-23(31)18-34-16-15-29(9-2)10-3)27(7)19(4)11-13-28(20(5)25(26)32)14-12-21(30)24(27)28;5-3(6)1-2-4(7)8/h8,19-20,22,24-25,32H,1,9-18H2,2-7H3;1-2H,(H,5,6)(H,7,8)/b;2-1+/t19-,20+,22-,24+,25+,26-,27?,28?;/m1./s1. The molecule has 3 saturated carbocycles. The van der Waals surface area contributed by atoms with E-state index in [1.165, 1.54) is 0 Å². The first-order valence-electron chi connectivity index (χ1n) is 15.1. The summed E-state index contributed by atoms with van der Waals surface area (Å²) in [7, 11) is 0. The second-order valence-corrected chi connectivity index (χ2v) is 13.8. The Hall–Kier alpha value is -2.17. The van der Waals surface area contributed by atoms with Gasteiger partial charge in [-0.15, -0.1) is 18.3 Å². The minimum atomic E-state index is -1.26. The molecule has 3 N–H and O–H groups in total. The molecule has 9 nitrogen and oxygen atoms in total. The molecule has 0 saturated heterocycles. The maximum absolute atomic E-state index is 13.4. The van der Waals surface area contributed by atoms with Gasteiger partial charge in [-0.1, -0.05) is 47.6 Å². The van der Waals surface area contributed by atoms with E-state index in [1.54, 1.807) is 11.8 Å². The highest BCUT2D eigenvalue weighted by Gasteiger charge is 2.68. The lowest BCUT2D eigenvalue weighted by molar-refractivity contribution is -0.205. The average molecular weight is 610 g/mol. The van der Waals surface area contributed by atoms with E-state index in [0.717, 1.165) is 44.6 Å². The van der Waals surface area contributed by atoms with Gasteiger partial charge in [-0.2, -0.15) is 0 Å². The smallest absolute Gasteiger partial charge is 0.328 e. The van der Waals surface area contributed by atoms with Crippen LogP contribution in [0.3, 0.4) is 0 Å². The number of aliphatic hydroxyl groups excluding tert-OH is 1. The van der Waals surface area contributed by atoms with Gasteiger partial charge in [0.1, 0.15) is 11.9 Å². The van der Waals surface area contributed by atoms with E-state index in [4.69, 9.17) is 14.9 Å². The minimum Gasteiger partial charge on any atom is -0.478 e. The Labute approximate surface area is 255 Å². The highest BCUT2D eigenvalue weighted by atomic mass is 32.2. The van der Waals surface area contributed by atoms with Crippen molar-refractivity contribution in [2.75, 3.05) is 31.1 Å². The van der Waals surface area contributed by atoms with Gasteiger partial charge in [-0.3, -0.25) is 9.59 Å². The number of carbonyl (C=O) groups excluding carboxylic acids is 2. The summed E-state index contributed by atoms with van der Waals surface area (Å²) < 4.78 is 6.30. The predicted octanol–water partition coefficient (Wildman–Crippen LogP) is 4.68. The molecule has 0 aromatic rings. The van der Waals surface area contributed by atoms with Crippen molar-refractivity contribution in [3.63, 3.8) is 0 Å². The van der Waals surface area contributed by atoms with Crippen molar-refractivity contribution in [2.45, 2.75) is 85.9 Å². The Kier molecular flexibility index (Phi) is 12.9. The fourth-order valence-electron chi connectivity index (χ4n) is 7.73. The van der Waals surface area contributed by atoms with Gasteiger partial charge in [-0.05, 0) is 56.0 Å². The maximum Gasteiger partial charge on any atom is 0.328 e. The molecule has 3 rings (SSSR count). The molecule has 3 fully saturated rings. The molecular weight excluding hydrogens is 558 g/mol. The summed E-state index contributed by atoms with van der Waals surface area (Å²) in [5.41, 5.74) is -1.25. The number of nitrogens with zero attached hydrogens (tertiary/aromatic N) is 1. The van der Waals surface area contributed by atoms with Crippen LogP contribution in [0.2, 0.25) is 0 Å². The Balaban J connectivity index is 0.000000675. The third kappa shape index (κ3) is 7.66. The van der Waals surface area contributed by atoms with E-state index in [2.05, 4.69) is 46.1 Å². The lowest BCUT2D eigenvalue weighted by atomic mass is 9.44. The van der Waals surface area contributed by atoms with E-state index < -0.39 is 35.0 Å². The number of thioether (sulfide) groups is 1. The summed E-state index contributed by atoms with van der Waals surface area (Å²) in [6.07, 6.45) is 5.76. The molecular formula is C32H51NO8S. The molecule has 0 heterocycles. The molecule has 3 aliphatic carbocycles. The van der Waals surface area contributed by atoms with Crippen molar-refractivity contribution >= 4 is 35.5 Å². The number of carbonyl (C=O) groups is 4. The van der Waals surface area contributed by atoms with Gasteiger partial charge in [0.25, 0.3) is 0 Å². The molecule has 2 bridgehead atoms. The largest absolute Gasteiger partial charge is 0.478 e. The Morgan fingerprint density at radius 1 is 1.10 bits per heavy atom. The number of aliphatic hydroxyl groups is 1. The molecule has 0 spiro atoms. The van der Waals surface area contributed by atoms with Crippen LogP contribution < -0.4 is 0 Å². The molecule has 3 aliphatic rings. The number of ether oxygens (including phenoxy) is 1. The van der Waals surface area contributed by atoms with Crippen LogP contribution in [0.5, 0.6) is 0 Å². The Bertz CT molecular complexity index is 1010. The summed E-state index contributed by atoms with van der Waals surface area (Å²) in [6, 6.07) is 0. The van der Waals surface area contributed by atoms with Crippen LogP contribution in [0.1, 0.15) is 73.6 Å². The van der Waals surface area contributed by atoms with Crippen LogP contribution in [0.25, 0.3) is 0 Å². The zero-order valence-electron chi connectivity index (χ0n) is 26.1. The maximum atomic E-state index is 13.4. The normalized spacial score (nSPS) is 35.9. The fourth-order valence-corrected chi connectivity index (χ4v) is 8.49. The fraction of sp³-hybridized carbons (Fsp3) is 0.750. The summed E-state index contributed by atoms with van der Waals surface area (Å²) in [6.45, 7) is 20.0. The van der Waals surface area contributed by atoms with Crippen molar-refractivity contribution in [1.29, 1.82) is 0 Å². The van der Waals surface area contributed by atoms with E-state index in [0.29, 0.717) is 36.5 Å². The zero-order chi connectivity index (χ0) is 31.9. The quantitative estimate of drug-likeness (QED) is 0.131. The van der Waals surface area contributed by atoms with Crippen molar-refractivity contribution in [1.82, 2.24) is 4.90 Å². The first kappa shape index (κ1) is 36.0. The molecule has 8 atom stereocenters. The van der Waals surface area contributed by atoms with Gasteiger partial charge >= 0.3 is 17.9 Å². The first-order chi connectivity index (χ1) is 19.6. The minimum absolute atomic E-state index is 0.00828. The highest BCUT2D eigenvalue weighted by molar-refractivity contribution is 7.99. The van der Waals surface area contributed by atoms with E-state index >= 15 is 0 Å². The number of carboxylic acid groups (broad SMARTS) is 2. The third-order valence-corrected chi connectivity index (χ3v) is 11.5. The van der Waals surface area contributed by atoms with E-state index in [-0.39, 0.29) is 29.1 Å². The van der Waals surface area contributed by atoms with Crippen molar-refractivity contribution < 1.29 is 39.2 Å². The van der Waals surface area contributed by atoms with Gasteiger partial charge in [0, 0.05) is 47.6 Å². The van der Waals surface area contributed by atoms with Crippen LogP contribution >= 0.6 is 11.8 Å². The summed E-state index contributed by atoms with van der Waals surface area (Å²) in [5, 5.41) is 27.2. The molecule has 0 aliphatic heterocycles. The van der Waals surface area contributed by atoms with Gasteiger partial charge in [-0.25, -0.2) is 9.59 Å². The van der Waals surface area contributed by atoms with E-state index in [1.807, 2.05) is 13.0 Å². The predicted molar refractivity (Wildman–Crippen MR) is 164 cm³/mol. The summed E-state index contributed by atoms with van der Waals surface area (Å²) in [4.78, 5) is 48.0. The lowest BCUT2D eigenvalue weighted by Crippen LogP contribution is -2.63. The number of aliphatic carboxylic acids is 2. The van der Waals surface area contributed by atoms with Crippen molar-refractivity contribution in [2.24, 2.45) is 34.0 Å². The molecule has 0 aromatic heterocycles. The molecule has 238 valence electrons. The molecule has 10 heteroatoms. The average Bonchev–Trinajstić information content (AvgIpc) is 3.30. The van der Waals surface area contributed by atoms with E-state index in [9.17, 15) is 24.3 Å². The number of hydrogen-bond donors (Lipinski definition) is 3. The van der Waals surface area contributed by atoms with Crippen molar-refractivity contribution in [3.8, 4) is 0 Å². The van der Waals surface area contributed by atoms with Gasteiger partial charge in [0.2, 0.25) is 0 Å². The number of carboxylic acids is 2. The molecule has 2 unspecified atom stereocenters. The molecule has 42 heavy (non-hydrogen) atoms. The van der Waals surface area contributed by atoms with Crippen LogP contribution in [-0.2, 0) is 23.9 Å². The van der Waals surface area contributed by atoms with Gasteiger partial charge < -0.3 is 25.0 Å². The Morgan fingerprint density at radius 2 is 1.69 bits per heavy atom. The summed E-state index contributed by atoms with van der Waals surface area (Å²) in [5.74, 6) is -1.14. The highest BCUT2D eigenvalue weighted by Crippen LogP contribution is 2.68. The second kappa shape index (κ2) is 15.0. The molecule has 0 amide bonds. The Morgan fingerprint density at radius 3 is 2.21 bits per heavy atom. The molecule has 0 radical (unpaired) electrons. The second-order valence-electron chi connectivity index (χ2n) is 12.7. The summed E-state index contributed by atoms with van der Waals surface area (Å²) >= 11 is 1.61. The number of ketones is 1. The van der Waals surface area contributed by atoms with Crippen LogP contribution in [0.4, 0.5) is 0 Å². The van der Waals surface area contributed by atoms with Gasteiger partial charge in [0.05, 0.1) is 11.9 Å². The third-order valence-electron chi connectivity index (χ3n) is 10.6. The van der Waals surface area contributed by atoms with Crippen LogP contribution in [-0.4, -0.2) is 87.3 Å². The first-order valence-corrected chi connectivity index (χ1v) is 16.3. The number of hydrogen-bond acceptors (Lipinski definition) is 8. The SMILES string of the molecule is C=C[C@]1(C)C[C@@H](OC(=O)CSCCN(CC)CC)C2(C)[C@H](C)CCC3(CCC(=O)[C@H]32)[C@@H](C)[C@@H]1O.O=C(O)/C=C/C(=O)O. The molecule has 0 aromatic carbocycles.